The first-order chi connectivity index (χ1) is 6.22. The lowest BCUT2D eigenvalue weighted by Gasteiger charge is -2.38. The number of carboxylic acid groups (broad SMARTS) is 1. The minimum Gasteiger partial charge on any atom is -0.481 e. The summed E-state index contributed by atoms with van der Waals surface area (Å²) in [5.74, 6) is -0.239. The maximum Gasteiger partial charge on any atom is 0.303 e. The molecule has 0 unspecified atom stereocenters. The molecule has 0 aliphatic carbocycles. The van der Waals surface area contributed by atoms with Gasteiger partial charge in [0.15, 0.2) is 0 Å². The van der Waals surface area contributed by atoms with Crippen molar-refractivity contribution in [3.8, 4) is 0 Å². The highest BCUT2D eigenvalue weighted by molar-refractivity contribution is 5.67. The number of nitrogens with zero attached hydrogens (tertiary/aromatic N) is 1. The van der Waals surface area contributed by atoms with Gasteiger partial charge in [-0.1, -0.05) is 19.8 Å². The molecule has 3 nitrogen and oxygen atoms in total. The molecule has 1 aliphatic heterocycles. The van der Waals surface area contributed by atoms with E-state index in [1.54, 1.807) is 0 Å². The highest BCUT2D eigenvalue weighted by Crippen LogP contribution is 2.19. The van der Waals surface area contributed by atoms with Crippen LogP contribution in [-0.4, -0.2) is 35.6 Å². The summed E-state index contributed by atoms with van der Waals surface area (Å²) in [6, 6.07) is 0. The quantitative estimate of drug-likeness (QED) is 0.639. The summed E-state index contributed by atoms with van der Waals surface area (Å²) in [4.78, 5) is 12.7. The van der Waals surface area contributed by atoms with Crippen LogP contribution in [0.15, 0.2) is 0 Å². The second kappa shape index (κ2) is 5.22. The normalized spacial score (nSPS) is 18.5. The fraction of sp³-hybridized carbons (Fsp3) is 0.900. The van der Waals surface area contributed by atoms with E-state index in [0.717, 1.165) is 19.6 Å². The standard InChI is InChI=1S/C10H19NO2/c1-2-3-4-5-11-7-9(8-11)6-10(12)13/h9H,2-8H2,1H3,(H,12,13). The van der Waals surface area contributed by atoms with Crippen molar-refractivity contribution in [2.75, 3.05) is 19.6 Å². The summed E-state index contributed by atoms with van der Waals surface area (Å²) < 4.78 is 0. The van der Waals surface area contributed by atoms with Crippen molar-refractivity contribution in [2.45, 2.75) is 32.6 Å². The zero-order valence-electron chi connectivity index (χ0n) is 8.33. The fourth-order valence-electron chi connectivity index (χ4n) is 1.82. The van der Waals surface area contributed by atoms with E-state index in [9.17, 15) is 4.79 Å². The first kappa shape index (κ1) is 10.5. The molecular weight excluding hydrogens is 166 g/mol. The fourth-order valence-corrected chi connectivity index (χ4v) is 1.82. The van der Waals surface area contributed by atoms with E-state index in [1.807, 2.05) is 0 Å². The van der Waals surface area contributed by atoms with Gasteiger partial charge in [-0.25, -0.2) is 0 Å². The molecule has 0 bridgehead atoms. The van der Waals surface area contributed by atoms with Crippen molar-refractivity contribution in [1.82, 2.24) is 4.90 Å². The molecule has 76 valence electrons. The Morgan fingerprint density at radius 1 is 1.46 bits per heavy atom. The van der Waals surface area contributed by atoms with E-state index in [0.29, 0.717) is 12.3 Å². The molecule has 0 radical (unpaired) electrons. The van der Waals surface area contributed by atoms with Gasteiger partial charge in [0.05, 0.1) is 6.42 Å². The first-order valence-corrected chi connectivity index (χ1v) is 5.16. The van der Waals surface area contributed by atoms with Gasteiger partial charge in [-0.05, 0) is 18.9 Å². The summed E-state index contributed by atoms with van der Waals surface area (Å²) in [6.45, 7) is 5.35. The lowest BCUT2D eigenvalue weighted by Crippen LogP contribution is -2.47. The zero-order chi connectivity index (χ0) is 9.68. The third-order valence-electron chi connectivity index (χ3n) is 2.57. The molecule has 1 heterocycles. The van der Waals surface area contributed by atoms with Crippen molar-refractivity contribution >= 4 is 5.97 Å². The molecule has 0 aromatic heterocycles. The molecule has 1 rings (SSSR count). The molecule has 0 atom stereocenters. The molecule has 3 heteroatoms. The van der Waals surface area contributed by atoms with E-state index < -0.39 is 5.97 Å². The maximum absolute atomic E-state index is 10.4. The maximum atomic E-state index is 10.4. The Hall–Kier alpha value is -0.570. The molecule has 0 saturated carbocycles. The number of rotatable bonds is 6. The SMILES string of the molecule is CCCCCN1CC(CC(=O)O)C1. The van der Waals surface area contributed by atoms with Crippen molar-refractivity contribution < 1.29 is 9.90 Å². The van der Waals surface area contributed by atoms with Crippen molar-refractivity contribution in [3.63, 3.8) is 0 Å². The highest BCUT2D eigenvalue weighted by atomic mass is 16.4. The Morgan fingerprint density at radius 3 is 2.69 bits per heavy atom. The third-order valence-corrected chi connectivity index (χ3v) is 2.57. The minimum atomic E-state index is -0.654. The van der Waals surface area contributed by atoms with Gasteiger partial charge in [0.2, 0.25) is 0 Å². The van der Waals surface area contributed by atoms with Gasteiger partial charge in [0.1, 0.15) is 0 Å². The highest BCUT2D eigenvalue weighted by Gasteiger charge is 2.27. The molecule has 13 heavy (non-hydrogen) atoms. The zero-order valence-corrected chi connectivity index (χ0v) is 8.33. The molecule has 0 amide bonds. The van der Waals surface area contributed by atoms with Crippen LogP contribution >= 0.6 is 0 Å². The number of aliphatic carboxylic acids is 1. The second-order valence-electron chi connectivity index (χ2n) is 3.93. The van der Waals surface area contributed by atoms with Crippen LogP contribution in [0.2, 0.25) is 0 Å². The molecule has 0 spiro atoms. The van der Waals surface area contributed by atoms with Crippen LogP contribution < -0.4 is 0 Å². The molecule has 1 aliphatic rings. The Bertz CT molecular complexity index is 164. The monoisotopic (exact) mass is 185 g/mol. The molecule has 0 aromatic rings. The second-order valence-corrected chi connectivity index (χ2v) is 3.93. The number of carboxylic acids is 1. The van der Waals surface area contributed by atoms with Gasteiger partial charge in [-0.3, -0.25) is 4.79 Å². The third kappa shape index (κ3) is 3.77. The molecule has 0 aromatic carbocycles. The predicted molar refractivity (Wildman–Crippen MR) is 51.7 cm³/mol. The predicted octanol–water partition coefficient (Wildman–Crippen LogP) is 1.58. The largest absolute Gasteiger partial charge is 0.481 e. The van der Waals surface area contributed by atoms with Crippen LogP contribution in [0.1, 0.15) is 32.6 Å². The first-order valence-electron chi connectivity index (χ1n) is 5.16. The smallest absolute Gasteiger partial charge is 0.303 e. The average Bonchev–Trinajstić information content (AvgIpc) is 1.99. The van der Waals surface area contributed by atoms with Crippen molar-refractivity contribution in [2.24, 2.45) is 5.92 Å². The summed E-state index contributed by atoms with van der Waals surface area (Å²) in [5.41, 5.74) is 0. The van der Waals surface area contributed by atoms with E-state index in [4.69, 9.17) is 5.11 Å². The van der Waals surface area contributed by atoms with E-state index in [2.05, 4.69) is 11.8 Å². The van der Waals surface area contributed by atoms with Crippen LogP contribution in [-0.2, 0) is 4.79 Å². The number of hydrogen-bond acceptors (Lipinski definition) is 2. The summed E-state index contributed by atoms with van der Waals surface area (Å²) in [7, 11) is 0. The topological polar surface area (TPSA) is 40.5 Å². The van der Waals surface area contributed by atoms with Gasteiger partial charge >= 0.3 is 5.97 Å². The van der Waals surface area contributed by atoms with E-state index >= 15 is 0 Å². The van der Waals surface area contributed by atoms with Gasteiger partial charge in [-0.15, -0.1) is 0 Å². The minimum absolute atomic E-state index is 0.351. The van der Waals surface area contributed by atoms with E-state index in [-0.39, 0.29) is 0 Å². The van der Waals surface area contributed by atoms with Crippen LogP contribution in [0.25, 0.3) is 0 Å². The Morgan fingerprint density at radius 2 is 2.15 bits per heavy atom. The molecule has 1 fully saturated rings. The number of unbranched alkanes of at least 4 members (excludes halogenated alkanes) is 2. The van der Waals surface area contributed by atoms with Gasteiger partial charge < -0.3 is 10.0 Å². The van der Waals surface area contributed by atoms with Crippen LogP contribution in [0.4, 0.5) is 0 Å². The van der Waals surface area contributed by atoms with Crippen molar-refractivity contribution in [1.29, 1.82) is 0 Å². The van der Waals surface area contributed by atoms with Gasteiger partial charge in [0, 0.05) is 13.1 Å². The van der Waals surface area contributed by atoms with Gasteiger partial charge in [-0.2, -0.15) is 0 Å². The Balaban J connectivity index is 1.95. The average molecular weight is 185 g/mol. The van der Waals surface area contributed by atoms with Crippen molar-refractivity contribution in [3.05, 3.63) is 0 Å². The summed E-state index contributed by atoms with van der Waals surface area (Å²) in [6.07, 6.45) is 4.16. The number of likely N-dealkylation sites (tertiary alicyclic amines) is 1. The molecule has 1 saturated heterocycles. The van der Waals surface area contributed by atoms with Crippen LogP contribution in [0.5, 0.6) is 0 Å². The lowest BCUT2D eigenvalue weighted by molar-refractivity contribution is -0.139. The Kier molecular flexibility index (Phi) is 4.22. The number of carbonyl (C=O) groups is 1. The molecule has 1 N–H and O–H groups in total. The summed E-state index contributed by atoms with van der Waals surface area (Å²) in [5, 5.41) is 8.53. The number of hydrogen-bond donors (Lipinski definition) is 1. The summed E-state index contributed by atoms with van der Waals surface area (Å²) >= 11 is 0. The van der Waals surface area contributed by atoms with Gasteiger partial charge in [0.25, 0.3) is 0 Å². The van der Waals surface area contributed by atoms with Crippen LogP contribution in [0, 0.1) is 5.92 Å². The van der Waals surface area contributed by atoms with E-state index in [1.165, 1.54) is 19.3 Å². The Labute approximate surface area is 79.7 Å². The van der Waals surface area contributed by atoms with Crippen LogP contribution in [0.3, 0.4) is 0 Å². The lowest BCUT2D eigenvalue weighted by atomic mass is 9.96. The molecular formula is C10H19NO2.